The summed E-state index contributed by atoms with van der Waals surface area (Å²) in [6.45, 7) is 2.97. The number of aromatic nitrogens is 2. The predicted molar refractivity (Wildman–Crippen MR) is 123 cm³/mol. The number of anilines is 1. The minimum absolute atomic E-state index is 0.220. The van der Waals surface area contributed by atoms with Gasteiger partial charge in [-0.2, -0.15) is 13.2 Å². The van der Waals surface area contributed by atoms with Gasteiger partial charge >= 0.3 is 6.18 Å². The Morgan fingerprint density at radius 2 is 1.73 bits per heavy atom. The van der Waals surface area contributed by atoms with Crippen LogP contribution < -0.4 is 4.90 Å². The van der Waals surface area contributed by atoms with Crippen molar-refractivity contribution in [2.45, 2.75) is 12.7 Å². The van der Waals surface area contributed by atoms with Crippen molar-refractivity contribution in [1.29, 1.82) is 0 Å². The highest BCUT2D eigenvalue weighted by atomic mass is 35.5. The Balaban J connectivity index is 1.38. The van der Waals surface area contributed by atoms with Gasteiger partial charge in [-0.15, -0.1) is 0 Å². The fourth-order valence-electron chi connectivity index (χ4n) is 4.32. The average molecular weight is 470 g/mol. The number of pyridine rings is 1. The topological polar surface area (TPSA) is 23.8 Å². The number of halogens is 4. The lowest BCUT2D eigenvalue weighted by Crippen LogP contribution is -2.46. The van der Waals surface area contributed by atoms with E-state index in [0.717, 1.165) is 28.7 Å². The monoisotopic (exact) mass is 469 g/mol. The summed E-state index contributed by atoms with van der Waals surface area (Å²) in [5, 5.41) is 0.664. The number of imidazole rings is 1. The van der Waals surface area contributed by atoms with E-state index in [1.807, 2.05) is 53.6 Å². The van der Waals surface area contributed by atoms with Gasteiger partial charge < -0.3 is 9.30 Å². The van der Waals surface area contributed by atoms with Crippen molar-refractivity contribution in [3.8, 4) is 11.3 Å². The maximum absolute atomic E-state index is 13.4. The molecule has 0 unspecified atom stereocenters. The number of hydrogen-bond acceptors (Lipinski definition) is 3. The number of alkyl halides is 3. The van der Waals surface area contributed by atoms with Crippen LogP contribution in [0.25, 0.3) is 16.9 Å². The maximum Gasteiger partial charge on any atom is 0.418 e. The van der Waals surface area contributed by atoms with E-state index in [4.69, 9.17) is 16.6 Å². The van der Waals surface area contributed by atoms with E-state index >= 15 is 0 Å². The maximum atomic E-state index is 13.4. The lowest BCUT2D eigenvalue weighted by Gasteiger charge is -2.37. The first-order valence-corrected chi connectivity index (χ1v) is 11.0. The van der Waals surface area contributed by atoms with Crippen LogP contribution >= 0.6 is 11.6 Å². The molecule has 0 spiro atoms. The Hall–Kier alpha value is -3.03. The van der Waals surface area contributed by atoms with Crippen molar-refractivity contribution in [3.05, 3.63) is 89.2 Å². The molecule has 5 rings (SSSR count). The molecule has 1 radical (unpaired) electrons. The first-order chi connectivity index (χ1) is 15.9. The number of benzene rings is 2. The lowest BCUT2D eigenvalue weighted by molar-refractivity contribution is -0.137. The molecule has 1 saturated heterocycles. The van der Waals surface area contributed by atoms with Crippen LogP contribution in [0.5, 0.6) is 0 Å². The van der Waals surface area contributed by atoms with Gasteiger partial charge in [0.1, 0.15) is 5.65 Å². The van der Waals surface area contributed by atoms with Crippen molar-refractivity contribution in [2.24, 2.45) is 0 Å². The molecule has 0 amide bonds. The lowest BCUT2D eigenvalue weighted by atomic mass is 10.1. The summed E-state index contributed by atoms with van der Waals surface area (Å²) in [5.74, 6) is 0. The molecule has 4 aromatic rings. The standard InChI is InChI=1S/C25H21ClF3N4/c26-19-10-8-18(9-11-19)24-22(33-12-4-3-7-23(33)30-24)17-31-13-15-32(16-14-31)21-6-2-1-5-20(21)25(27,28)29/h2-12H,13-17H2. The van der Waals surface area contributed by atoms with Gasteiger partial charge in [-0.1, -0.05) is 35.9 Å². The van der Waals surface area contributed by atoms with Crippen LogP contribution in [0.2, 0.25) is 5.02 Å². The normalized spacial score (nSPS) is 15.3. The summed E-state index contributed by atoms with van der Waals surface area (Å²) in [5.41, 5.74) is 3.35. The van der Waals surface area contributed by atoms with Gasteiger partial charge in [0.05, 0.1) is 17.0 Å². The quantitative estimate of drug-likeness (QED) is 0.377. The Morgan fingerprint density at radius 3 is 2.45 bits per heavy atom. The summed E-state index contributed by atoms with van der Waals surface area (Å²) >= 11 is 6.07. The summed E-state index contributed by atoms with van der Waals surface area (Å²) in [6, 6.07) is 20.1. The van der Waals surface area contributed by atoms with Gasteiger partial charge in [0.15, 0.2) is 0 Å². The molecular formula is C25H21ClF3N4. The van der Waals surface area contributed by atoms with Crippen molar-refractivity contribution in [1.82, 2.24) is 14.3 Å². The Labute approximate surface area is 194 Å². The van der Waals surface area contributed by atoms with Crippen molar-refractivity contribution in [2.75, 3.05) is 31.1 Å². The second-order valence-corrected chi connectivity index (χ2v) is 8.48. The van der Waals surface area contributed by atoms with Crippen LogP contribution in [0, 0.1) is 6.07 Å². The zero-order valence-electron chi connectivity index (χ0n) is 17.7. The van der Waals surface area contributed by atoms with E-state index < -0.39 is 11.7 Å². The fourth-order valence-corrected chi connectivity index (χ4v) is 4.45. The molecule has 4 nitrogen and oxygen atoms in total. The van der Waals surface area contributed by atoms with Crippen LogP contribution in [-0.2, 0) is 12.7 Å². The molecule has 169 valence electrons. The van der Waals surface area contributed by atoms with Crippen LogP contribution in [0.3, 0.4) is 0 Å². The Bertz CT molecular complexity index is 1260. The summed E-state index contributed by atoms with van der Waals surface area (Å²) < 4.78 is 42.4. The number of piperazine rings is 1. The molecule has 0 saturated carbocycles. The fraction of sp³-hybridized carbons (Fsp3) is 0.240. The molecule has 1 fully saturated rings. The third kappa shape index (κ3) is 4.43. The Morgan fingerprint density at radius 1 is 0.970 bits per heavy atom. The first-order valence-electron chi connectivity index (χ1n) is 10.7. The third-order valence-corrected chi connectivity index (χ3v) is 6.23. The van der Waals surface area contributed by atoms with Crippen LogP contribution in [0.4, 0.5) is 18.9 Å². The van der Waals surface area contributed by atoms with Crippen LogP contribution in [0.1, 0.15) is 11.3 Å². The molecule has 2 aromatic carbocycles. The highest BCUT2D eigenvalue weighted by molar-refractivity contribution is 6.30. The Kier molecular flexibility index (Phi) is 5.76. The van der Waals surface area contributed by atoms with Gasteiger partial charge in [0.25, 0.3) is 0 Å². The van der Waals surface area contributed by atoms with Gasteiger partial charge in [0, 0.05) is 55.2 Å². The second-order valence-electron chi connectivity index (χ2n) is 8.05. The molecule has 1 aliphatic rings. The number of rotatable bonds is 4. The average Bonchev–Trinajstić information content (AvgIpc) is 3.18. The highest BCUT2D eigenvalue weighted by Gasteiger charge is 2.35. The summed E-state index contributed by atoms with van der Waals surface area (Å²) in [4.78, 5) is 8.90. The second kappa shape index (κ2) is 8.72. The van der Waals surface area contributed by atoms with Crippen molar-refractivity contribution in [3.63, 3.8) is 0 Å². The SMILES string of the molecule is FC(F)(F)c1c[c]ccc1N1CCN(Cc2c(-c3ccc(Cl)cc3)nc3ccccn23)CC1. The first kappa shape index (κ1) is 21.8. The van der Waals surface area contributed by atoms with Crippen LogP contribution in [-0.4, -0.2) is 40.5 Å². The molecular weight excluding hydrogens is 449 g/mol. The zero-order chi connectivity index (χ0) is 23.0. The number of nitrogens with zero attached hydrogens (tertiary/aromatic N) is 4. The molecule has 3 heterocycles. The molecule has 0 aliphatic carbocycles. The molecule has 1 aliphatic heterocycles. The van der Waals surface area contributed by atoms with E-state index in [9.17, 15) is 13.2 Å². The van der Waals surface area contributed by atoms with E-state index in [1.165, 1.54) is 12.1 Å². The number of fused-ring (bicyclic) bond motifs is 1. The van der Waals surface area contributed by atoms with E-state index in [0.29, 0.717) is 37.7 Å². The highest BCUT2D eigenvalue weighted by Crippen LogP contribution is 2.36. The van der Waals surface area contributed by atoms with Gasteiger partial charge in [0.2, 0.25) is 0 Å². The third-order valence-electron chi connectivity index (χ3n) is 5.98. The molecule has 0 N–H and O–H groups in total. The smallest absolute Gasteiger partial charge is 0.368 e. The molecule has 0 bridgehead atoms. The minimum Gasteiger partial charge on any atom is -0.368 e. The summed E-state index contributed by atoms with van der Waals surface area (Å²) in [6.07, 6.45) is -2.41. The van der Waals surface area contributed by atoms with Crippen molar-refractivity contribution >= 4 is 22.9 Å². The van der Waals surface area contributed by atoms with Gasteiger partial charge in [-0.25, -0.2) is 4.98 Å². The number of hydrogen-bond donors (Lipinski definition) is 0. The van der Waals surface area contributed by atoms with E-state index in [2.05, 4.69) is 15.4 Å². The molecule has 2 aromatic heterocycles. The van der Waals surface area contributed by atoms with Crippen molar-refractivity contribution < 1.29 is 13.2 Å². The van der Waals surface area contributed by atoms with Gasteiger partial charge in [-0.05, 0) is 42.5 Å². The molecule has 0 atom stereocenters. The largest absolute Gasteiger partial charge is 0.418 e. The van der Waals surface area contributed by atoms with E-state index in [1.54, 1.807) is 0 Å². The van der Waals surface area contributed by atoms with E-state index in [-0.39, 0.29) is 5.69 Å². The predicted octanol–water partition coefficient (Wildman–Crippen LogP) is 5.80. The van der Waals surface area contributed by atoms with Gasteiger partial charge in [-0.3, -0.25) is 4.90 Å². The summed E-state index contributed by atoms with van der Waals surface area (Å²) in [7, 11) is 0. The van der Waals surface area contributed by atoms with Crippen LogP contribution in [0.15, 0.2) is 66.9 Å². The molecule has 33 heavy (non-hydrogen) atoms. The minimum atomic E-state index is -4.39. The zero-order valence-corrected chi connectivity index (χ0v) is 18.4. The molecule has 8 heteroatoms.